The zero-order valence-electron chi connectivity index (χ0n) is 18.3. The molecule has 0 aromatic rings. The molecular formula is C24H45NO. The predicted molar refractivity (Wildman–Crippen MR) is 115 cm³/mol. The SMILES string of the molecule is CC#C[C@H](NC(C)=O)[C@H](C)[C@H](C)CCCCCCCCCCCCCC. The molecule has 0 aromatic carbocycles. The summed E-state index contributed by atoms with van der Waals surface area (Å²) in [6.07, 6.45) is 18.0. The molecule has 0 heterocycles. The largest absolute Gasteiger partial charge is 0.342 e. The Bertz CT molecular complexity index is 393. The van der Waals surface area contributed by atoms with E-state index in [1.807, 2.05) is 6.92 Å². The highest BCUT2D eigenvalue weighted by Gasteiger charge is 2.21. The molecule has 0 aromatic heterocycles. The Morgan fingerprint density at radius 1 is 0.846 bits per heavy atom. The fourth-order valence-electron chi connectivity index (χ4n) is 3.57. The lowest BCUT2D eigenvalue weighted by molar-refractivity contribution is -0.119. The van der Waals surface area contributed by atoms with Crippen molar-refractivity contribution in [3.05, 3.63) is 0 Å². The van der Waals surface area contributed by atoms with Gasteiger partial charge in [-0.05, 0) is 18.8 Å². The molecular weight excluding hydrogens is 318 g/mol. The first-order chi connectivity index (χ1) is 12.5. The first-order valence-electron chi connectivity index (χ1n) is 11.2. The van der Waals surface area contributed by atoms with E-state index in [4.69, 9.17) is 0 Å². The van der Waals surface area contributed by atoms with E-state index in [0.717, 1.165) is 0 Å². The van der Waals surface area contributed by atoms with E-state index in [9.17, 15) is 4.79 Å². The van der Waals surface area contributed by atoms with Gasteiger partial charge in [0.2, 0.25) is 5.91 Å². The molecule has 0 saturated carbocycles. The van der Waals surface area contributed by atoms with E-state index in [-0.39, 0.29) is 11.9 Å². The van der Waals surface area contributed by atoms with Crippen LogP contribution in [0.2, 0.25) is 0 Å². The summed E-state index contributed by atoms with van der Waals surface area (Å²) in [5, 5.41) is 3.00. The molecule has 26 heavy (non-hydrogen) atoms. The number of hydrogen-bond acceptors (Lipinski definition) is 1. The normalized spacial score (nSPS) is 14.2. The summed E-state index contributed by atoms with van der Waals surface area (Å²) in [7, 11) is 0. The predicted octanol–water partition coefficient (Wildman–Crippen LogP) is 6.88. The Morgan fingerprint density at radius 3 is 1.73 bits per heavy atom. The highest BCUT2D eigenvalue weighted by Crippen LogP contribution is 2.22. The topological polar surface area (TPSA) is 29.1 Å². The molecule has 1 amide bonds. The zero-order valence-corrected chi connectivity index (χ0v) is 18.3. The summed E-state index contributed by atoms with van der Waals surface area (Å²) in [5.41, 5.74) is 0. The van der Waals surface area contributed by atoms with Gasteiger partial charge in [0.15, 0.2) is 0 Å². The second-order valence-electron chi connectivity index (χ2n) is 8.09. The maximum Gasteiger partial charge on any atom is 0.217 e. The van der Waals surface area contributed by atoms with Crippen LogP contribution in [0.15, 0.2) is 0 Å². The molecule has 0 aliphatic carbocycles. The van der Waals surface area contributed by atoms with Gasteiger partial charge in [0.05, 0.1) is 6.04 Å². The van der Waals surface area contributed by atoms with Gasteiger partial charge < -0.3 is 5.32 Å². The summed E-state index contributed by atoms with van der Waals surface area (Å²) < 4.78 is 0. The van der Waals surface area contributed by atoms with Gasteiger partial charge in [-0.2, -0.15) is 0 Å². The molecule has 152 valence electrons. The molecule has 0 radical (unpaired) electrons. The number of carbonyl (C=O) groups excluding carboxylic acids is 1. The zero-order chi connectivity index (χ0) is 19.6. The van der Waals surface area contributed by atoms with Crippen LogP contribution in [0.5, 0.6) is 0 Å². The molecule has 0 aliphatic heterocycles. The maximum atomic E-state index is 11.4. The van der Waals surface area contributed by atoms with E-state index in [1.54, 1.807) is 6.92 Å². The molecule has 2 heteroatoms. The Balaban J connectivity index is 3.67. The number of nitrogens with one attached hydrogen (secondary N) is 1. The van der Waals surface area contributed by atoms with Crippen LogP contribution in [0.25, 0.3) is 0 Å². The van der Waals surface area contributed by atoms with Gasteiger partial charge in [0.25, 0.3) is 0 Å². The standard InChI is InChI=1S/C24H45NO/c1-6-8-9-10-11-12-13-14-15-16-17-18-20-21(3)22(4)24(19-7-2)25-23(5)26/h21-22,24H,6,8-18,20H2,1-5H3,(H,25,26)/t21-,22-,24+/m1/s1. The molecule has 2 nitrogen and oxygen atoms in total. The molecule has 0 unspecified atom stereocenters. The molecule has 0 rings (SSSR count). The average Bonchev–Trinajstić information content (AvgIpc) is 2.61. The molecule has 0 bridgehead atoms. The van der Waals surface area contributed by atoms with Crippen LogP contribution < -0.4 is 5.32 Å². The summed E-state index contributed by atoms with van der Waals surface area (Å²) in [6.45, 7) is 10.2. The number of amides is 1. The molecule has 0 saturated heterocycles. The fourth-order valence-corrected chi connectivity index (χ4v) is 3.57. The minimum Gasteiger partial charge on any atom is -0.342 e. The summed E-state index contributed by atoms with van der Waals surface area (Å²) >= 11 is 0. The van der Waals surface area contributed by atoms with Gasteiger partial charge >= 0.3 is 0 Å². The van der Waals surface area contributed by atoms with Crippen LogP contribution in [0.1, 0.15) is 118 Å². The Hall–Kier alpha value is -0.970. The van der Waals surface area contributed by atoms with Crippen LogP contribution in [0.3, 0.4) is 0 Å². The number of unbranched alkanes of at least 4 members (excludes halogenated alkanes) is 11. The summed E-state index contributed by atoms with van der Waals surface area (Å²) in [4.78, 5) is 11.4. The van der Waals surface area contributed by atoms with Crippen molar-refractivity contribution in [1.29, 1.82) is 0 Å². The van der Waals surface area contributed by atoms with E-state index in [0.29, 0.717) is 11.8 Å². The van der Waals surface area contributed by atoms with Crippen molar-refractivity contribution in [2.24, 2.45) is 11.8 Å². The van der Waals surface area contributed by atoms with Crippen molar-refractivity contribution in [1.82, 2.24) is 5.32 Å². The van der Waals surface area contributed by atoms with Gasteiger partial charge in [-0.3, -0.25) is 4.79 Å². The Morgan fingerprint density at radius 2 is 1.31 bits per heavy atom. The number of carbonyl (C=O) groups is 1. The fraction of sp³-hybridized carbons (Fsp3) is 0.875. The van der Waals surface area contributed by atoms with E-state index < -0.39 is 0 Å². The van der Waals surface area contributed by atoms with Crippen molar-refractivity contribution >= 4 is 5.91 Å². The highest BCUT2D eigenvalue weighted by molar-refractivity contribution is 5.73. The summed E-state index contributed by atoms with van der Waals surface area (Å²) in [6, 6.07) is -0.00942. The van der Waals surface area contributed by atoms with E-state index >= 15 is 0 Å². The average molecular weight is 364 g/mol. The quantitative estimate of drug-likeness (QED) is 0.235. The van der Waals surface area contributed by atoms with Crippen LogP contribution in [-0.2, 0) is 4.79 Å². The molecule has 0 aliphatic rings. The first kappa shape index (κ1) is 25.0. The Kier molecular flexibility index (Phi) is 16.8. The van der Waals surface area contributed by atoms with Crippen LogP contribution >= 0.6 is 0 Å². The van der Waals surface area contributed by atoms with Crippen molar-refractivity contribution in [3.8, 4) is 11.8 Å². The third kappa shape index (κ3) is 14.2. The van der Waals surface area contributed by atoms with Gasteiger partial charge in [0.1, 0.15) is 0 Å². The minimum atomic E-state index is -0.00942. The maximum absolute atomic E-state index is 11.4. The van der Waals surface area contributed by atoms with Crippen molar-refractivity contribution < 1.29 is 4.79 Å². The van der Waals surface area contributed by atoms with Crippen molar-refractivity contribution in [3.63, 3.8) is 0 Å². The van der Waals surface area contributed by atoms with Gasteiger partial charge in [-0.25, -0.2) is 0 Å². The highest BCUT2D eigenvalue weighted by atomic mass is 16.1. The van der Waals surface area contributed by atoms with Crippen LogP contribution in [0, 0.1) is 23.7 Å². The molecule has 0 fully saturated rings. The smallest absolute Gasteiger partial charge is 0.217 e. The van der Waals surface area contributed by atoms with Crippen LogP contribution in [-0.4, -0.2) is 11.9 Å². The molecule has 0 spiro atoms. The van der Waals surface area contributed by atoms with Gasteiger partial charge in [-0.15, -0.1) is 5.92 Å². The van der Waals surface area contributed by atoms with E-state index in [2.05, 4.69) is 37.9 Å². The van der Waals surface area contributed by atoms with Gasteiger partial charge in [-0.1, -0.05) is 110 Å². The number of rotatable bonds is 16. The second kappa shape index (κ2) is 17.4. The van der Waals surface area contributed by atoms with Gasteiger partial charge in [0, 0.05) is 6.92 Å². The lowest BCUT2D eigenvalue weighted by atomic mass is 9.85. The molecule has 3 atom stereocenters. The summed E-state index contributed by atoms with van der Waals surface area (Å²) in [5.74, 6) is 7.13. The first-order valence-corrected chi connectivity index (χ1v) is 11.2. The molecule has 1 N–H and O–H groups in total. The third-order valence-electron chi connectivity index (χ3n) is 5.59. The third-order valence-corrected chi connectivity index (χ3v) is 5.59. The van der Waals surface area contributed by atoms with Crippen molar-refractivity contribution in [2.45, 2.75) is 124 Å². The lowest BCUT2D eigenvalue weighted by Crippen LogP contribution is -2.39. The van der Waals surface area contributed by atoms with Crippen molar-refractivity contribution in [2.75, 3.05) is 0 Å². The number of hydrogen-bond donors (Lipinski definition) is 1. The lowest BCUT2D eigenvalue weighted by Gasteiger charge is -2.26. The monoisotopic (exact) mass is 363 g/mol. The Labute approximate surface area is 164 Å². The van der Waals surface area contributed by atoms with Crippen LogP contribution in [0.4, 0.5) is 0 Å². The van der Waals surface area contributed by atoms with E-state index in [1.165, 1.54) is 83.5 Å². The second-order valence-corrected chi connectivity index (χ2v) is 8.09. The minimum absolute atomic E-state index is 0.00942.